The number of hydrogen-bond acceptors (Lipinski definition) is 2. The molecule has 5 rings (SSSR count). The van der Waals surface area contributed by atoms with E-state index < -0.39 is 0 Å². The van der Waals surface area contributed by atoms with Gasteiger partial charge in [-0.2, -0.15) is 0 Å². The second-order valence-corrected chi connectivity index (χ2v) is 8.24. The summed E-state index contributed by atoms with van der Waals surface area (Å²) in [6.45, 7) is 9.25. The maximum absolute atomic E-state index is 2.59. The van der Waals surface area contributed by atoms with Crippen LogP contribution in [0.5, 0.6) is 0 Å². The number of fused-ring (bicyclic) bond motifs is 6. The molecule has 1 saturated heterocycles. The topological polar surface area (TPSA) is 6.48 Å². The fraction of sp³-hybridized carbons (Fsp3) is 0.333. The molecule has 0 amide bonds. The Bertz CT molecular complexity index is 942. The standard InChI is InChI=1S/C24H26N2/c1-5-19-20(6-2)26-21-15-11-10-14-18(21)23(3)16-24(23,4)22(26)25(19)17-12-8-7-9-13-17/h5-15,22H,16H2,1-4H3/b19-5?,20-6+. The third-order valence-corrected chi connectivity index (χ3v) is 7.04. The maximum Gasteiger partial charge on any atom is 0.117 e. The lowest BCUT2D eigenvalue weighted by atomic mass is 9.81. The van der Waals surface area contributed by atoms with Crippen molar-refractivity contribution in [2.45, 2.75) is 45.7 Å². The first-order chi connectivity index (χ1) is 12.6. The Labute approximate surface area is 156 Å². The summed E-state index contributed by atoms with van der Waals surface area (Å²) in [5.74, 6) is 0. The molecule has 1 aliphatic carbocycles. The second kappa shape index (κ2) is 5.03. The minimum atomic E-state index is 0.232. The molecule has 0 bridgehead atoms. The Morgan fingerprint density at radius 2 is 1.46 bits per heavy atom. The molecule has 1 saturated carbocycles. The van der Waals surface area contributed by atoms with Crippen LogP contribution < -0.4 is 9.80 Å². The van der Waals surface area contributed by atoms with E-state index in [1.54, 1.807) is 0 Å². The van der Waals surface area contributed by atoms with Gasteiger partial charge < -0.3 is 9.80 Å². The molecule has 2 nitrogen and oxygen atoms in total. The zero-order valence-corrected chi connectivity index (χ0v) is 16.0. The number of hydrogen-bond donors (Lipinski definition) is 0. The zero-order chi connectivity index (χ0) is 18.1. The normalized spacial score (nSPS) is 34.7. The largest absolute Gasteiger partial charge is 0.318 e. The molecule has 2 aromatic carbocycles. The molecule has 0 N–H and O–H groups in total. The van der Waals surface area contributed by atoms with Crippen LogP contribution in [0.1, 0.15) is 39.7 Å². The van der Waals surface area contributed by atoms with Crippen LogP contribution in [0.25, 0.3) is 0 Å². The third kappa shape index (κ3) is 1.68. The lowest BCUT2D eigenvalue weighted by Crippen LogP contribution is -2.50. The van der Waals surface area contributed by atoms with Crippen molar-refractivity contribution in [1.82, 2.24) is 0 Å². The highest BCUT2D eigenvalue weighted by Gasteiger charge is 2.73. The first-order valence-corrected chi connectivity index (χ1v) is 9.63. The van der Waals surface area contributed by atoms with E-state index in [-0.39, 0.29) is 10.8 Å². The Morgan fingerprint density at radius 3 is 2.15 bits per heavy atom. The number of allylic oxidation sites excluding steroid dienone is 2. The van der Waals surface area contributed by atoms with Gasteiger partial charge in [0.05, 0.1) is 11.4 Å². The van der Waals surface area contributed by atoms with Crippen LogP contribution in [0.4, 0.5) is 11.4 Å². The average Bonchev–Trinajstić information content (AvgIpc) is 3.11. The summed E-state index contributed by atoms with van der Waals surface area (Å²) in [7, 11) is 0. The summed E-state index contributed by atoms with van der Waals surface area (Å²) < 4.78 is 0. The molecule has 0 spiro atoms. The van der Waals surface area contributed by atoms with Gasteiger partial charge in [-0.05, 0) is 44.0 Å². The summed E-state index contributed by atoms with van der Waals surface area (Å²) >= 11 is 0. The van der Waals surface area contributed by atoms with Crippen LogP contribution in [0.15, 0.2) is 78.1 Å². The molecule has 2 aliphatic heterocycles. The molecule has 2 heteroatoms. The predicted molar refractivity (Wildman–Crippen MR) is 109 cm³/mol. The van der Waals surface area contributed by atoms with E-state index in [0.717, 1.165) is 0 Å². The van der Waals surface area contributed by atoms with Crippen molar-refractivity contribution < 1.29 is 0 Å². The molecule has 2 heterocycles. The molecule has 3 aliphatic rings. The van der Waals surface area contributed by atoms with Crippen LogP contribution in [0.3, 0.4) is 0 Å². The Balaban J connectivity index is 1.80. The highest BCUT2D eigenvalue weighted by atomic mass is 15.5. The first kappa shape index (κ1) is 15.7. The number of benzene rings is 2. The molecule has 26 heavy (non-hydrogen) atoms. The van der Waals surface area contributed by atoms with E-state index in [9.17, 15) is 0 Å². The molecule has 3 atom stereocenters. The van der Waals surface area contributed by atoms with Gasteiger partial charge in [-0.25, -0.2) is 0 Å². The van der Waals surface area contributed by atoms with Crippen LogP contribution in [-0.2, 0) is 5.41 Å². The molecule has 0 aromatic heterocycles. The van der Waals surface area contributed by atoms with Crippen LogP contribution in [0.2, 0.25) is 0 Å². The van der Waals surface area contributed by atoms with Gasteiger partial charge >= 0.3 is 0 Å². The van der Waals surface area contributed by atoms with E-state index in [1.807, 2.05) is 0 Å². The predicted octanol–water partition coefficient (Wildman–Crippen LogP) is 5.83. The molecule has 132 valence electrons. The van der Waals surface area contributed by atoms with E-state index in [1.165, 1.54) is 34.8 Å². The highest BCUT2D eigenvalue weighted by Crippen LogP contribution is 2.73. The Hall–Kier alpha value is -2.48. The highest BCUT2D eigenvalue weighted by molar-refractivity contribution is 5.79. The summed E-state index contributed by atoms with van der Waals surface area (Å²) in [5.41, 5.74) is 7.28. The van der Waals surface area contributed by atoms with Gasteiger partial charge in [0.15, 0.2) is 0 Å². The van der Waals surface area contributed by atoms with E-state index in [2.05, 4.69) is 104 Å². The second-order valence-electron chi connectivity index (χ2n) is 8.24. The zero-order valence-electron chi connectivity index (χ0n) is 16.0. The molecule has 0 radical (unpaired) electrons. The lowest BCUT2D eigenvalue weighted by Gasteiger charge is -2.44. The quantitative estimate of drug-likeness (QED) is 0.643. The van der Waals surface area contributed by atoms with Crippen LogP contribution in [-0.4, -0.2) is 6.17 Å². The number of rotatable bonds is 1. The van der Waals surface area contributed by atoms with Gasteiger partial charge in [0.25, 0.3) is 0 Å². The number of anilines is 2. The molecular formula is C24H26N2. The molecule has 3 unspecified atom stereocenters. The number of para-hydroxylation sites is 2. The first-order valence-electron chi connectivity index (χ1n) is 9.63. The van der Waals surface area contributed by atoms with Gasteiger partial charge in [0, 0.05) is 22.2 Å². The number of nitrogens with zero attached hydrogens (tertiary/aromatic N) is 2. The smallest absolute Gasteiger partial charge is 0.117 e. The lowest BCUT2D eigenvalue weighted by molar-refractivity contribution is 0.370. The van der Waals surface area contributed by atoms with E-state index >= 15 is 0 Å². The minimum Gasteiger partial charge on any atom is -0.318 e. The van der Waals surface area contributed by atoms with Gasteiger partial charge in [-0.15, -0.1) is 0 Å². The van der Waals surface area contributed by atoms with Crippen molar-refractivity contribution in [2.24, 2.45) is 5.41 Å². The average molecular weight is 342 g/mol. The minimum absolute atomic E-state index is 0.232. The fourth-order valence-electron chi connectivity index (χ4n) is 5.52. The Morgan fingerprint density at radius 1 is 0.846 bits per heavy atom. The van der Waals surface area contributed by atoms with Crippen molar-refractivity contribution in [1.29, 1.82) is 0 Å². The van der Waals surface area contributed by atoms with Gasteiger partial charge in [0.1, 0.15) is 6.17 Å². The monoisotopic (exact) mass is 342 g/mol. The van der Waals surface area contributed by atoms with Gasteiger partial charge in [-0.3, -0.25) is 0 Å². The van der Waals surface area contributed by atoms with Crippen molar-refractivity contribution in [3.05, 3.63) is 83.7 Å². The summed E-state index contributed by atoms with van der Waals surface area (Å²) in [6, 6.07) is 19.9. The fourth-order valence-corrected chi connectivity index (χ4v) is 5.52. The van der Waals surface area contributed by atoms with Crippen molar-refractivity contribution in [3.8, 4) is 0 Å². The van der Waals surface area contributed by atoms with Gasteiger partial charge in [0.2, 0.25) is 0 Å². The van der Waals surface area contributed by atoms with E-state index in [0.29, 0.717) is 6.17 Å². The van der Waals surface area contributed by atoms with Crippen molar-refractivity contribution in [3.63, 3.8) is 0 Å². The maximum atomic E-state index is 2.59. The van der Waals surface area contributed by atoms with Crippen LogP contribution >= 0.6 is 0 Å². The third-order valence-electron chi connectivity index (χ3n) is 7.04. The summed E-state index contributed by atoms with van der Waals surface area (Å²) in [5, 5.41) is 0. The SMILES string of the molecule is CC=C1/C(=C\C)N2c3ccccc3C3(C)CC3(C)C2N1c1ccccc1. The molecule has 2 fully saturated rings. The van der Waals surface area contributed by atoms with Gasteiger partial charge in [-0.1, -0.05) is 62.4 Å². The summed E-state index contributed by atoms with van der Waals surface area (Å²) in [4.78, 5) is 5.16. The van der Waals surface area contributed by atoms with E-state index in [4.69, 9.17) is 0 Å². The van der Waals surface area contributed by atoms with Crippen molar-refractivity contribution >= 4 is 11.4 Å². The van der Waals surface area contributed by atoms with Crippen LogP contribution in [0, 0.1) is 5.41 Å². The summed E-state index contributed by atoms with van der Waals surface area (Å²) in [6.07, 6.45) is 6.10. The molecule has 2 aromatic rings. The Kier molecular flexibility index (Phi) is 3.05. The molecular weight excluding hydrogens is 316 g/mol. The van der Waals surface area contributed by atoms with Crippen molar-refractivity contribution in [2.75, 3.05) is 9.80 Å².